The van der Waals surface area contributed by atoms with E-state index in [1.165, 1.54) is 44.3 Å². The summed E-state index contributed by atoms with van der Waals surface area (Å²) < 4.78 is 2.29. The second-order valence-corrected chi connectivity index (χ2v) is 8.16. The third-order valence-electron chi connectivity index (χ3n) is 6.13. The Morgan fingerprint density at radius 2 is 1.12 bits per heavy atom. The average molecular weight is 423 g/mol. The van der Waals surface area contributed by atoms with Crippen LogP contribution in [-0.2, 0) is 0 Å². The first kappa shape index (κ1) is 19.3. The largest absolute Gasteiger partial charge is 0.316 e. The zero-order chi connectivity index (χ0) is 22.0. The summed E-state index contributed by atoms with van der Waals surface area (Å²) in [5, 5.41) is 1.24. The lowest BCUT2D eigenvalue weighted by Crippen LogP contribution is -1.90. The molecule has 0 atom stereocenters. The van der Waals surface area contributed by atoms with Gasteiger partial charge in [-0.3, -0.25) is 4.98 Å². The summed E-state index contributed by atoms with van der Waals surface area (Å²) >= 11 is 0. The number of pyridine rings is 1. The molecule has 0 bridgehead atoms. The predicted octanol–water partition coefficient (Wildman–Crippen LogP) is 8.03. The van der Waals surface area contributed by atoms with Crippen LogP contribution in [0.25, 0.3) is 50.0 Å². The van der Waals surface area contributed by atoms with E-state index in [-0.39, 0.29) is 0 Å². The van der Waals surface area contributed by atoms with Crippen molar-refractivity contribution in [1.29, 1.82) is 0 Å². The lowest BCUT2D eigenvalue weighted by molar-refractivity contribution is 1.13. The van der Waals surface area contributed by atoms with Crippen molar-refractivity contribution in [3.8, 4) is 39.1 Å². The topological polar surface area (TPSA) is 17.8 Å². The van der Waals surface area contributed by atoms with Crippen molar-refractivity contribution in [1.82, 2.24) is 9.55 Å². The number of rotatable bonds is 4. The Bertz CT molecular complexity index is 1530. The molecule has 0 spiro atoms. The van der Waals surface area contributed by atoms with Gasteiger partial charge in [0.15, 0.2) is 0 Å². The quantitative estimate of drug-likeness (QED) is 0.281. The van der Waals surface area contributed by atoms with Crippen LogP contribution in [0.5, 0.6) is 0 Å². The maximum Gasteiger partial charge on any atom is 0.0535 e. The average Bonchev–Trinajstić information content (AvgIpc) is 3.29. The molecule has 0 amide bonds. The van der Waals surface area contributed by atoms with Crippen LogP contribution in [0.1, 0.15) is 0 Å². The summed E-state index contributed by atoms with van der Waals surface area (Å²) in [5.74, 6) is 0. The summed E-state index contributed by atoms with van der Waals surface area (Å²) in [6.45, 7) is 0. The number of nitrogens with zero attached hydrogens (tertiary/aromatic N) is 2. The van der Waals surface area contributed by atoms with Crippen LogP contribution < -0.4 is 0 Å². The minimum atomic E-state index is 1.16. The summed E-state index contributed by atoms with van der Waals surface area (Å²) in [6.07, 6.45) is 5.95. The highest BCUT2D eigenvalue weighted by Gasteiger charge is 2.14. The molecule has 2 heteroatoms. The molecule has 156 valence electrons. The molecule has 0 N–H and O–H groups in total. The summed E-state index contributed by atoms with van der Waals surface area (Å²) in [6, 6.07) is 40.8. The van der Waals surface area contributed by atoms with E-state index in [1.807, 2.05) is 12.4 Å². The number of hydrogen-bond acceptors (Lipinski definition) is 1. The highest BCUT2D eigenvalue weighted by atomic mass is 15.0. The molecule has 0 saturated heterocycles. The normalized spacial score (nSPS) is 11.0. The van der Waals surface area contributed by atoms with Gasteiger partial charge in [0.05, 0.1) is 5.52 Å². The van der Waals surface area contributed by atoms with E-state index in [2.05, 4.69) is 131 Å². The number of fused-ring (bicyclic) bond motifs is 1. The van der Waals surface area contributed by atoms with E-state index < -0.39 is 0 Å². The molecule has 6 rings (SSSR count). The first-order valence-electron chi connectivity index (χ1n) is 11.1. The smallest absolute Gasteiger partial charge is 0.0535 e. The van der Waals surface area contributed by atoms with Crippen molar-refractivity contribution in [2.24, 2.45) is 0 Å². The molecule has 0 saturated carbocycles. The molecule has 2 nitrogen and oxygen atoms in total. The fourth-order valence-electron chi connectivity index (χ4n) is 4.48. The number of benzene rings is 4. The van der Waals surface area contributed by atoms with Crippen LogP contribution in [0.2, 0.25) is 0 Å². The van der Waals surface area contributed by atoms with Crippen molar-refractivity contribution in [3.05, 3.63) is 134 Å². The predicted molar refractivity (Wildman–Crippen MR) is 137 cm³/mol. The Labute approximate surface area is 193 Å². The zero-order valence-corrected chi connectivity index (χ0v) is 18.1. The lowest BCUT2D eigenvalue weighted by atomic mass is 9.97. The summed E-state index contributed by atoms with van der Waals surface area (Å²) in [4.78, 5) is 4.16. The van der Waals surface area contributed by atoms with Gasteiger partial charge in [-0.25, -0.2) is 0 Å². The number of aromatic nitrogens is 2. The van der Waals surface area contributed by atoms with Crippen LogP contribution >= 0.6 is 0 Å². The van der Waals surface area contributed by atoms with Crippen LogP contribution in [0.15, 0.2) is 134 Å². The van der Waals surface area contributed by atoms with Gasteiger partial charge in [-0.1, -0.05) is 72.8 Å². The highest BCUT2D eigenvalue weighted by Crippen LogP contribution is 2.36. The molecule has 0 aliphatic heterocycles. The highest BCUT2D eigenvalue weighted by molar-refractivity contribution is 6.00. The fourth-order valence-corrected chi connectivity index (χ4v) is 4.48. The van der Waals surface area contributed by atoms with E-state index >= 15 is 0 Å². The van der Waals surface area contributed by atoms with Gasteiger partial charge in [-0.05, 0) is 70.3 Å². The van der Waals surface area contributed by atoms with E-state index in [0.717, 1.165) is 5.69 Å². The molecule has 2 heterocycles. The SMILES string of the molecule is c1ccc(-c2ccc3c(c2)c(-c2cccc(-c4ccncc4)c2)cn3-c2ccccc2)cc1. The Hall–Kier alpha value is -4.43. The Balaban J connectivity index is 1.58. The summed E-state index contributed by atoms with van der Waals surface area (Å²) in [7, 11) is 0. The zero-order valence-electron chi connectivity index (χ0n) is 18.1. The molecular weight excluding hydrogens is 400 g/mol. The monoisotopic (exact) mass is 422 g/mol. The van der Waals surface area contributed by atoms with Gasteiger partial charge < -0.3 is 4.57 Å². The van der Waals surface area contributed by atoms with Gasteiger partial charge in [0.25, 0.3) is 0 Å². The van der Waals surface area contributed by atoms with Gasteiger partial charge in [0.1, 0.15) is 0 Å². The molecule has 6 aromatic rings. The Morgan fingerprint density at radius 1 is 0.485 bits per heavy atom. The standard InChI is InChI=1S/C31H22N2/c1-3-8-23(9-4-1)26-14-15-31-29(21-26)30(22-33(31)28-12-5-2-6-13-28)27-11-7-10-25(20-27)24-16-18-32-19-17-24/h1-22H. The minimum Gasteiger partial charge on any atom is -0.316 e. The van der Waals surface area contributed by atoms with Crippen molar-refractivity contribution in [2.75, 3.05) is 0 Å². The molecule has 0 fully saturated rings. The number of para-hydroxylation sites is 1. The van der Waals surface area contributed by atoms with Crippen molar-refractivity contribution >= 4 is 10.9 Å². The van der Waals surface area contributed by atoms with Gasteiger partial charge in [0, 0.05) is 35.2 Å². The van der Waals surface area contributed by atoms with Crippen molar-refractivity contribution < 1.29 is 0 Å². The lowest BCUT2D eigenvalue weighted by Gasteiger charge is -2.07. The Morgan fingerprint density at radius 3 is 1.91 bits per heavy atom. The molecule has 0 unspecified atom stereocenters. The van der Waals surface area contributed by atoms with E-state index in [1.54, 1.807) is 0 Å². The minimum absolute atomic E-state index is 1.16. The van der Waals surface area contributed by atoms with Gasteiger partial charge in [0.2, 0.25) is 0 Å². The first-order valence-corrected chi connectivity index (χ1v) is 11.1. The molecule has 0 radical (unpaired) electrons. The van der Waals surface area contributed by atoms with Gasteiger partial charge >= 0.3 is 0 Å². The maximum absolute atomic E-state index is 4.16. The van der Waals surface area contributed by atoms with Crippen molar-refractivity contribution in [3.63, 3.8) is 0 Å². The van der Waals surface area contributed by atoms with Crippen molar-refractivity contribution in [2.45, 2.75) is 0 Å². The fraction of sp³-hybridized carbons (Fsp3) is 0. The van der Waals surface area contributed by atoms with E-state index in [0.29, 0.717) is 0 Å². The summed E-state index contributed by atoms with van der Waals surface area (Å²) in [5.41, 5.74) is 9.59. The van der Waals surface area contributed by atoms with Crippen LogP contribution in [0.4, 0.5) is 0 Å². The second-order valence-electron chi connectivity index (χ2n) is 8.16. The van der Waals surface area contributed by atoms with Gasteiger partial charge in [-0.2, -0.15) is 0 Å². The Kier molecular flexibility index (Phi) is 4.82. The van der Waals surface area contributed by atoms with Crippen LogP contribution in [0, 0.1) is 0 Å². The molecular formula is C31H22N2. The van der Waals surface area contributed by atoms with Gasteiger partial charge in [-0.15, -0.1) is 0 Å². The van der Waals surface area contributed by atoms with E-state index in [9.17, 15) is 0 Å². The van der Waals surface area contributed by atoms with Crippen LogP contribution in [-0.4, -0.2) is 9.55 Å². The molecule has 4 aromatic carbocycles. The third kappa shape index (κ3) is 3.62. The molecule has 0 aliphatic rings. The number of hydrogen-bond donors (Lipinski definition) is 0. The molecule has 33 heavy (non-hydrogen) atoms. The maximum atomic E-state index is 4.16. The molecule has 2 aromatic heterocycles. The second kappa shape index (κ2) is 8.25. The third-order valence-corrected chi connectivity index (χ3v) is 6.13. The van der Waals surface area contributed by atoms with Crippen LogP contribution in [0.3, 0.4) is 0 Å². The first-order chi connectivity index (χ1) is 16.4. The van der Waals surface area contributed by atoms with E-state index in [4.69, 9.17) is 0 Å². The molecule has 0 aliphatic carbocycles.